The van der Waals surface area contributed by atoms with E-state index in [0.29, 0.717) is 6.54 Å². The number of benzene rings is 1. The van der Waals surface area contributed by atoms with Crippen LogP contribution < -0.4 is 10.1 Å². The summed E-state index contributed by atoms with van der Waals surface area (Å²) in [7, 11) is 1.67. The molecule has 21 heavy (non-hydrogen) atoms. The lowest BCUT2D eigenvalue weighted by Crippen LogP contribution is -2.14. The topological polar surface area (TPSA) is 47.0 Å². The summed E-state index contributed by atoms with van der Waals surface area (Å²) in [5.74, 6) is 0.805. The molecule has 0 spiro atoms. The Balaban J connectivity index is 1.72. The molecule has 0 aliphatic rings. The van der Waals surface area contributed by atoms with Gasteiger partial charge in [-0.25, -0.2) is 4.98 Å². The minimum absolute atomic E-state index is 0.699. The van der Waals surface area contributed by atoms with Crippen molar-refractivity contribution >= 4 is 10.9 Å². The number of hydrogen-bond acceptors (Lipinski definition) is 4. The highest BCUT2D eigenvalue weighted by molar-refractivity contribution is 5.84. The third-order valence-electron chi connectivity index (χ3n) is 3.30. The molecular formula is C17H17N3O. The standard InChI is InChI=1S/C17H17N3O/c1-21-16-7-4-5-13-8-9-15(20-17(13)16)12-18-11-14-6-2-3-10-19-14/h2-10,18H,11-12H2,1H3. The molecule has 0 aliphatic heterocycles. The molecule has 3 aromatic rings. The summed E-state index contributed by atoms with van der Waals surface area (Å²) >= 11 is 0. The Labute approximate surface area is 123 Å². The summed E-state index contributed by atoms with van der Waals surface area (Å²) in [6.07, 6.45) is 1.80. The Hall–Kier alpha value is -2.46. The number of pyridine rings is 2. The molecule has 106 valence electrons. The van der Waals surface area contributed by atoms with Crippen LogP contribution in [0, 0.1) is 0 Å². The SMILES string of the molecule is COc1cccc2ccc(CNCc3ccccn3)nc12. The summed E-state index contributed by atoms with van der Waals surface area (Å²) in [5.41, 5.74) is 2.91. The number of fused-ring (bicyclic) bond motifs is 1. The van der Waals surface area contributed by atoms with E-state index in [0.717, 1.165) is 34.6 Å². The Morgan fingerprint density at radius 1 is 0.952 bits per heavy atom. The molecular weight excluding hydrogens is 262 g/mol. The summed E-state index contributed by atoms with van der Waals surface area (Å²) < 4.78 is 5.36. The van der Waals surface area contributed by atoms with Gasteiger partial charge in [0.2, 0.25) is 0 Å². The summed E-state index contributed by atoms with van der Waals surface area (Å²) in [6, 6.07) is 16.0. The van der Waals surface area contributed by atoms with Gasteiger partial charge in [0.25, 0.3) is 0 Å². The quantitative estimate of drug-likeness (QED) is 0.780. The number of para-hydroxylation sites is 1. The zero-order chi connectivity index (χ0) is 14.5. The maximum absolute atomic E-state index is 5.36. The fraction of sp³-hybridized carbons (Fsp3) is 0.176. The second-order valence-corrected chi connectivity index (χ2v) is 4.76. The zero-order valence-electron chi connectivity index (χ0n) is 11.9. The zero-order valence-corrected chi connectivity index (χ0v) is 11.9. The Morgan fingerprint density at radius 3 is 2.67 bits per heavy atom. The van der Waals surface area contributed by atoms with Crippen LogP contribution in [0.15, 0.2) is 54.7 Å². The number of aromatic nitrogens is 2. The second-order valence-electron chi connectivity index (χ2n) is 4.76. The van der Waals surface area contributed by atoms with E-state index in [1.165, 1.54) is 0 Å². The van der Waals surface area contributed by atoms with Gasteiger partial charge in [-0.05, 0) is 24.3 Å². The summed E-state index contributed by atoms with van der Waals surface area (Å²) in [4.78, 5) is 8.95. The van der Waals surface area contributed by atoms with E-state index in [-0.39, 0.29) is 0 Å². The molecule has 0 atom stereocenters. The van der Waals surface area contributed by atoms with E-state index in [9.17, 15) is 0 Å². The largest absolute Gasteiger partial charge is 0.494 e. The van der Waals surface area contributed by atoms with Crippen LogP contribution in [0.4, 0.5) is 0 Å². The van der Waals surface area contributed by atoms with E-state index < -0.39 is 0 Å². The van der Waals surface area contributed by atoms with E-state index in [1.54, 1.807) is 13.3 Å². The Kier molecular flexibility index (Phi) is 4.07. The van der Waals surface area contributed by atoms with Crippen LogP contribution in [-0.2, 0) is 13.1 Å². The molecule has 0 fully saturated rings. The van der Waals surface area contributed by atoms with E-state index in [1.807, 2.05) is 42.5 Å². The predicted octanol–water partition coefficient (Wildman–Crippen LogP) is 2.93. The minimum Gasteiger partial charge on any atom is -0.494 e. The van der Waals surface area contributed by atoms with Gasteiger partial charge in [0, 0.05) is 24.7 Å². The first-order chi connectivity index (χ1) is 10.4. The summed E-state index contributed by atoms with van der Waals surface area (Å²) in [5, 5.41) is 4.44. The van der Waals surface area contributed by atoms with Crippen LogP contribution >= 0.6 is 0 Å². The van der Waals surface area contributed by atoms with E-state index in [4.69, 9.17) is 4.74 Å². The lowest BCUT2D eigenvalue weighted by molar-refractivity contribution is 0.418. The van der Waals surface area contributed by atoms with Crippen molar-refractivity contribution in [3.8, 4) is 5.75 Å². The van der Waals surface area contributed by atoms with E-state index in [2.05, 4.69) is 21.4 Å². The fourth-order valence-electron chi connectivity index (χ4n) is 2.24. The smallest absolute Gasteiger partial charge is 0.145 e. The van der Waals surface area contributed by atoms with Gasteiger partial charge in [-0.3, -0.25) is 4.98 Å². The number of ether oxygens (including phenoxy) is 1. The number of nitrogens with zero attached hydrogens (tertiary/aromatic N) is 2. The van der Waals surface area contributed by atoms with Crippen molar-refractivity contribution in [2.75, 3.05) is 7.11 Å². The van der Waals surface area contributed by atoms with Crippen molar-refractivity contribution in [3.63, 3.8) is 0 Å². The van der Waals surface area contributed by atoms with Crippen molar-refractivity contribution in [2.24, 2.45) is 0 Å². The Bertz CT molecular complexity index is 728. The van der Waals surface area contributed by atoms with Gasteiger partial charge in [-0.2, -0.15) is 0 Å². The molecule has 0 unspecified atom stereocenters. The van der Waals surface area contributed by atoms with Crippen LogP contribution in [0.3, 0.4) is 0 Å². The number of nitrogens with one attached hydrogen (secondary N) is 1. The first-order valence-corrected chi connectivity index (χ1v) is 6.90. The highest BCUT2D eigenvalue weighted by Gasteiger charge is 2.04. The summed E-state index contributed by atoms with van der Waals surface area (Å²) in [6.45, 7) is 1.43. The molecule has 0 saturated carbocycles. The number of rotatable bonds is 5. The molecule has 2 aromatic heterocycles. The predicted molar refractivity (Wildman–Crippen MR) is 83.1 cm³/mol. The monoisotopic (exact) mass is 279 g/mol. The highest BCUT2D eigenvalue weighted by atomic mass is 16.5. The van der Waals surface area contributed by atoms with Gasteiger partial charge >= 0.3 is 0 Å². The van der Waals surface area contributed by atoms with Crippen LogP contribution in [0.2, 0.25) is 0 Å². The lowest BCUT2D eigenvalue weighted by Gasteiger charge is -2.08. The molecule has 0 radical (unpaired) electrons. The van der Waals surface area contributed by atoms with Crippen LogP contribution in [-0.4, -0.2) is 17.1 Å². The third kappa shape index (κ3) is 3.17. The number of hydrogen-bond donors (Lipinski definition) is 1. The van der Waals surface area contributed by atoms with Gasteiger partial charge in [-0.1, -0.05) is 24.3 Å². The molecule has 1 aromatic carbocycles. The first kappa shape index (κ1) is 13.5. The maximum Gasteiger partial charge on any atom is 0.145 e. The van der Waals surface area contributed by atoms with Crippen molar-refractivity contribution in [1.29, 1.82) is 0 Å². The van der Waals surface area contributed by atoms with E-state index >= 15 is 0 Å². The molecule has 0 bridgehead atoms. The normalized spacial score (nSPS) is 10.7. The molecule has 0 amide bonds. The van der Waals surface area contributed by atoms with Gasteiger partial charge in [-0.15, -0.1) is 0 Å². The molecule has 0 saturated heterocycles. The molecule has 0 aliphatic carbocycles. The second kappa shape index (κ2) is 6.33. The third-order valence-corrected chi connectivity index (χ3v) is 3.30. The van der Waals surface area contributed by atoms with Gasteiger partial charge in [0.15, 0.2) is 0 Å². The van der Waals surface area contributed by atoms with Gasteiger partial charge < -0.3 is 10.1 Å². The van der Waals surface area contributed by atoms with Crippen molar-refractivity contribution in [3.05, 3.63) is 66.1 Å². The van der Waals surface area contributed by atoms with Crippen LogP contribution in [0.5, 0.6) is 5.75 Å². The number of methoxy groups -OCH3 is 1. The maximum atomic E-state index is 5.36. The Morgan fingerprint density at radius 2 is 1.86 bits per heavy atom. The lowest BCUT2D eigenvalue weighted by atomic mass is 10.2. The molecule has 3 rings (SSSR count). The van der Waals surface area contributed by atoms with Gasteiger partial charge in [0.1, 0.15) is 11.3 Å². The van der Waals surface area contributed by atoms with Crippen molar-refractivity contribution in [1.82, 2.24) is 15.3 Å². The molecule has 1 N–H and O–H groups in total. The first-order valence-electron chi connectivity index (χ1n) is 6.90. The van der Waals surface area contributed by atoms with Crippen molar-refractivity contribution < 1.29 is 4.74 Å². The average molecular weight is 279 g/mol. The molecule has 2 heterocycles. The van der Waals surface area contributed by atoms with Crippen LogP contribution in [0.25, 0.3) is 10.9 Å². The average Bonchev–Trinajstić information content (AvgIpc) is 2.55. The molecule has 4 nitrogen and oxygen atoms in total. The van der Waals surface area contributed by atoms with Gasteiger partial charge in [0.05, 0.1) is 18.5 Å². The minimum atomic E-state index is 0.699. The molecule has 4 heteroatoms. The highest BCUT2D eigenvalue weighted by Crippen LogP contribution is 2.23. The van der Waals surface area contributed by atoms with Crippen LogP contribution in [0.1, 0.15) is 11.4 Å². The van der Waals surface area contributed by atoms with Crippen molar-refractivity contribution in [2.45, 2.75) is 13.1 Å². The fourth-order valence-corrected chi connectivity index (χ4v) is 2.24.